The third-order valence-electron chi connectivity index (χ3n) is 5.66. The summed E-state index contributed by atoms with van der Waals surface area (Å²) in [6.07, 6.45) is 5.52. The summed E-state index contributed by atoms with van der Waals surface area (Å²) in [6.45, 7) is 0. The molecule has 0 atom stereocenters. The third kappa shape index (κ3) is 4.21. The van der Waals surface area contributed by atoms with Crippen molar-refractivity contribution in [1.82, 2.24) is 0 Å². The molecule has 162 valence electrons. The fourth-order valence-corrected chi connectivity index (χ4v) is 4.12. The van der Waals surface area contributed by atoms with Crippen LogP contribution in [0, 0.1) is 0 Å². The largest absolute Gasteiger partial charge is 0.496 e. The number of carbonyl (C=O) groups excluding carboxylic acids is 1. The molecular weight excluding hydrogens is 396 g/mol. The molecule has 1 heterocycles. The topological polar surface area (TPSA) is 89.8 Å². The Morgan fingerprint density at radius 1 is 0.935 bits per heavy atom. The van der Waals surface area contributed by atoms with E-state index in [1.165, 1.54) is 20.6 Å². The van der Waals surface area contributed by atoms with Gasteiger partial charge in [0.05, 0.1) is 19.9 Å². The highest BCUT2D eigenvalue weighted by atomic mass is 16.5. The minimum Gasteiger partial charge on any atom is -0.496 e. The third-order valence-corrected chi connectivity index (χ3v) is 5.66. The molecule has 1 saturated carbocycles. The Morgan fingerprint density at radius 2 is 1.61 bits per heavy atom. The van der Waals surface area contributed by atoms with Gasteiger partial charge in [0.25, 0.3) is 5.91 Å². The van der Waals surface area contributed by atoms with Crippen LogP contribution in [0.5, 0.6) is 11.5 Å². The normalized spacial score (nSPS) is 14.3. The van der Waals surface area contributed by atoms with Gasteiger partial charge in [-0.05, 0) is 37.1 Å². The summed E-state index contributed by atoms with van der Waals surface area (Å²) in [4.78, 5) is 26.1. The van der Waals surface area contributed by atoms with Gasteiger partial charge in [-0.2, -0.15) is 0 Å². The average Bonchev–Trinajstić information content (AvgIpc) is 2.81. The van der Waals surface area contributed by atoms with E-state index in [1.54, 1.807) is 24.3 Å². The summed E-state index contributed by atoms with van der Waals surface area (Å²) in [5.41, 5.74) is 0.741. The summed E-state index contributed by atoms with van der Waals surface area (Å²) >= 11 is 0. The zero-order valence-electron chi connectivity index (χ0n) is 17.7. The van der Waals surface area contributed by atoms with Crippen molar-refractivity contribution in [1.29, 1.82) is 0 Å². The van der Waals surface area contributed by atoms with Crippen molar-refractivity contribution >= 4 is 28.3 Å². The van der Waals surface area contributed by atoms with Gasteiger partial charge in [0.2, 0.25) is 0 Å². The van der Waals surface area contributed by atoms with E-state index in [0.717, 1.165) is 31.1 Å². The Bertz CT molecular complexity index is 1130. The maximum atomic E-state index is 13.2. The second-order valence-electron chi connectivity index (χ2n) is 7.61. The Hall–Kier alpha value is -3.48. The summed E-state index contributed by atoms with van der Waals surface area (Å²) in [6, 6.07) is 12.6. The van der Waals surface area contributed by atoms with Gasteiger partial charge in [0.1, 0.15) is 22.6 Å². The zero-order chi connectivity index (χ0) is 21.8. The number of hydrogen-bond donors (Lipinski definition) is 2. The fourth-order valence-electron chi connectivity index (χ4n) is 4.12. The van der Waals surface area contributed by atoms with E-state index in [4.69, 9.17) is 13.9 Å². The highest BCUT2D eigenvalue weighted by Gasteiger charge is 2.24. The van der Waals surface area contributed by atoms with Crippen LogP contribution in [0.4, 0.5) is 11.4 Å². The van der Waals surface area contributed by atoms with Crippen LogP contribution in [0.3, 0.4) is 0 Å². The first-order valence-electron chi connectivity index (χ1n) is 10.5. The van der Waals surface area contributed by atoms with Crippen molar-refractivity contribution in [2.24, 2.45) is 0 Å². The van der Waals surface area contributed by atoms with E-state index in [2.05, 4.69) is 10.6 Å². The number of para-hydroxylation sites is 1. The van der Waals surface area contributed by atoms with Crippen molar-refractivity contribution in [3.63, 3.8) is 0 Å². The van der Waals surface area contributed by atoms with Gasteiger partial charge >= 0.3 is 5.63 Å². The lowest BCUT2D eigenvalue weighted by molar-refractivity contribution is 0.102. The van der Waals surface area contributed by atoms with Crippen LogP contribution < -0.4 is 25.7 Å². The number of fused-ring (bicyclic) bond motifs is 1. The Kier molecular flexibility index (Phi) is 6.11. The van der Waals surface area contributed by atoms with Gasteiger partial charge in [-0.1, -0.05) is 37.5 Å². The van der Waals surface area contributed by atoms with Crippen molar-refractivity contribution in [2.75, 3.05) is 24.9 Å². The summed E-state index contributed by atoms with van der Waals surface area (Å²) in [5.74, 6) is 0.191. The fraction of sp³-hybridized carbons (Fsp3) is 0.333. The lowest BCUT2D eigenvalue weighted by Crippen LogP contribution is -2.26. The minimum atomic E-state index is -0.612. The minimum absolute atomic E-state index is 0.0854. The van der Waals surface area contributed by atoms with Crippen LogP contribution in [-0.2, 0) is 0 Å². The van der Waals surface area contributed by atoms with Gasteiger partial charge < -0.3 is 24.5 Å². The van der Waals surface area contributed by atoms with Crippen molar-refractivity contribution < 1.29 is 18.7 Å². The molecule has 3 aromatic rings. The Morgan fingerprint density at radius 3 is 2.29 bits per heavy atom. The average molecular weight is 422 g/mol. The maximum Gasteiger partial charge on any atom is 0.362 e. The molecule has 1 aromatic heterocycles. The van der Waals surface area contributed by atoms with Gasteiger partial charge in [-0.3, -0.25) is 4.79 Å². The lowest BCUT2D eigenvalue weighted by atomic mass is 9.95. The predicted molar refractivity (Wildman–Crippen MR) is 120 cm³/mol. The van der Waals surface area contributed by atoms with Crippen LogP contribution >= 0.6 is 0 Å². The van der Waals surface area contributed by atoms with E-state index in [1.807, 2.05) is 18.2 Å². The Labute approximate surface area is 180 Å². The van der Waals surface area contributed by atoms with E-state index in [9.17, 15) is 9.59 Å². The number of hydrogen-bond acceptors (Lipinski definition) is 6. The smallest absolute Gasteiger partial charge is 0.362 e. The second kappa shape index (κ2) is 9.12. The first-order chi connectivity index (χ1) is 15.1. The molecule has 0 saturated heterocycles. The molecule has 0 radical (unpaired) electrons. The molecule has 7 nitrogen and oxygen atoms in total. The molecule has 7 heteroatoms. The highest BCUT2D eigenvalue weighted by molar-refractivity contribution is 6.11. The molecule has 0 bridgehead atoms. The molecular formula is C24H26N2O5. The molecule has 0 unspecified atom stereocenters. The van der Waals surface area contributed by atoms with Gasteiger partial charge in [0.15, 0.2) is 5.69 Å². The highest BCUT2D eigenvalue weighted by Crippen LogP contribution is 2.34. The number of amides is 1. The van der Waals surface area contributed by atoms with Gasteiger partial charge in [-0.15, -0.1) is 0 Å². The molecule has 2 aromatic carbocycles. The quantitative estimate of drug-likeness (QED) is 0.554. The summed E-state index contributed by atoms with van der Waals surface area (Å²) < 4.78 is 16.2. The number of anilines is 2. The molecule has 2 N–H and O–H groups in total. The molecule has 1 aliphatic carbocycles. The van der Waals surface area contributed by atoms with Crippen LogP contribution in [0.2, 0.25) is 0 Å². The molecule has 31 heavy (non-hydrogen) atoms. The standard InChI is InChI=1S/C24H26N2O5/c1-29-18-13-8-14-19(30-2)20(18)23(27)26-22-21(25-15-9-4-3-5-10-15)16-11-6-7-12-17(16)31-24(22)28/h6-8,11-15,25H,3-5,9-10H2,1-2H3,(H,26,27). The van der Waals surface area contributed by atoms with Crippen molar-refractivity contribution in [3.8, 4) is 11.5 Å². The van der Waals surface area contributed by atoms with Gasteiger partial charge in [-0.25, -0.2) is 4.79 Å². The molecule has 4 rings (SSSR count). The first-order valence-corrected chi connectivity index (χ1v) is 10.5. The summed E-state index contributed by atoms with van der Waals surface area (Å²) in [5, 5.41) is 7.01. The molecule has 1 fully saturated rings. The van der Waals surface area contributed by atoms with E-state index >= 15 is 0 Å². The Balaban J connectivity index is 1.78. The predicted octanol–water partition coefficient (Wildman–Crippen LogP) is 4.81. The first kappa shape index (κ1) is 20.8. The maximum absolute atomic E-state index is 13.2. The number of benzene rings is 2. The van der Waals surface area contributed by atoms with E-state index in [0.29, 0.717) is 22.8 Å². The van der Waals surface area contributed by atoms with Crippen molar-refractivity contribution in [3.05, 3.63) is 58.4 Å². The monoisotopic (exact) mass is 422 g/mol. The SMILES string of the molecule is COc1cccc(OC)c1C(=O)Nc1c(NC2CCCCC2)c2ccccc2oc1=O. The number of ether oxygens (including phenoxy) is 2. The van der Waals surface area contributed by atoms with Crippen LogP contribution in [0.1, 0.15) is 42.5 Å². The van der Waals surface area contributed by atoms with E-state index < -0.39 is 11.5 Å². The second-order valence-corrected chi connectivity index (χ2v) is 7.61. The van der Waals surface area contributed by atoms with Crippen LogP contribution in [0.15, 0.2) is 51.7 Å². The zero-order valence-corrected chi connectivity index (χ0v) is 17.7. The van der Waals surface area contributed by atoms with E-state index in [-0.39, 0.29) is 17.3 Å². The van der Waals surface area contributed by atoms with Gasteiger partial charge in [0, 0.05) is 11.4 Å². The number of rotatable bonds is 6. The molecule has 1 aliphatic rings. The number of nitrogens with one attached hydrogen (secondary N) is 2. The molecule has 0 spiro atoms. The molecule has 1 amide bonds. The van der Waals surface area contributed by atoms with Crippen molar-refractivity contribution in [2.45, 2.75) is 38.1 Å². The number of carbonyl (C=O) groups is 1. The molecule has 0 aliphatic heterocycles. The van der Waals surface area contributed by atoms with Crippen LogP contribution in [-0.4, -0.2) is 26.2 Å². The summed E-state index contributed by atoms with van der Waals surface area (Å²) in [7, 11) is 2.96. The lowest BCUT2D eigenvalue weighted by Gasteiger charge is -2.25. The van der Waals surface area contributed by atoms with Crippen LogP contribution in [0.25, 0.3) is 11.0 Å². The number of methoxy groups -OCH3 is 2.